The first-order chi connectivity index (χ1) is 12.2. The first kappa shape index (κ1) is 18.1. The molecule has 0 saturated heterocycles. The van der Waals surface area contributed by atoms with Crippen LogP contribution in [0.5, 0.6) is 5.75 Å². The van der Waals surface area contributed by atoms with Crippen molar-refractivity contribution < 1.29 is 23.1 Å². The van der Waals surface area contributed by atoms with Crippen LogP contribution >= 0.6 is 11.3 Å². The predicted molar refractivity (Wildman–Crippen MR) is 91.0 cm³/mol. The summed E-state index contributed by atoms with van der Waals surface area (Å²) < 4.78 is 39.3. The molecule has 0 bridgehead atoms. The van der Waals surface area contributed by atoms with Gasteiger partial charge in [-0.05, 0) is 19.1 Å². The number of hydrogen-bond acceptors (Lipinski definition) is 6. The maximum Gasteiger partial charge on any atom is 0.418 e. The van der Waals surface area contributed by atoms with E-state index in [0.29, 0.717) is 5.13 Å². The number of anilines is 1. The van der Waals surface area contributed by atoms with E-state index >= 15 is 0 Å². The van der Waals surface area contributed by atoms with E-state index < -0.39 is 35.1 Å². The van der Waals surface area contributed by atoms with E-state index in [1.54, 1.807) is 12.3 Å². The van der Waals surface area contributed by atoms with E-state index in [1.807, 2.05) is 0 Å². The van der Waals surface area contributed by atoms with Gasteiger partial charge in [0.15, 0.2) is 5.13 Å². The Labute approximate surface area is 149 Å². The third kappa shape index (κ3) is 3.08. The number of hydrogen-bond donors (Lipinski definition) is 2. The average Bonchev–Trinajstić information content (AvgIpc) is 3.07. The number of fused-ring (bicyclic) bond motifs is 1. The fourth-order valence-electron chi connectivity index (χ4n) is 2.50. The van der Waals surface area contributed by atoms with Gasteiger partial charge < -0.3 is 10.8 Å². The molecule has 1 atom stereocenters. The van der Waals surface area contributed by atoms with Gasteiger partial charge in [0.2, 0.25) is 0 Å². The third-order valence-electron chi connectivity index (χ3n) is 3.66. The largest absolute Gasteiger partial charge is 0.506 e. The van der Waals surface area contributed by atoms with Gasteiger partial charge in [-0.2, -0.15) is 13.2 Å². The van der Waals surface area contributed by atoms with Crippen LogP contribution in [0, 0.1) is 0 Å². The zero-order chi connectivity index (χ0) is 19.1. The molecule has 0 fully saturated rings. The monoisotopic (exact) mass is 382 g/mol. The minimum atomic E-state index is -4.64. The molecule has 6 nitrogen and oxygen atoms in total. The molecule has 1 amide bonds. The quantitative estimate of drug-likeness (QED) is 0.678. The zero-order valence-electron chi connectivity index (χ0n) is 13.4. The van der Waals surface area contributed by atoms with Gasteiger partial charge in [0.1, 0.15) is 11.3 Å². The molecule has 3 N–H and O–H groups in total. The summed E-state index contributed by atoms with van der Waals surface area (Å²) in [5.74, 6) is -1.30. The Morgan fingerprint density at radius 3 is 2.65 bits per heavy atom. The van der Waals surface area contributed by atoms with Crippen molar-refractivity contribution in [1.29, 1.82) is 0 Å². The molecule has 0 aliphatic heterocycles. The van der Waals surface area contributed by atoms with Crippen molar-refractivity contribution in [1.82, 2.24) is 9.97 Å². The molecule has 3 rings (SSSR count). The van der Waals surface area contributed by atoms with Crippen LogP contribution < -0.4 is 10.6 Å². The van der Waals surface area contributed by atoms with E-state index in [0.717, 1.165) is 34.6 Å². The Balaban J connectivity index is 2.14. The van der Waals surface area contributed by atoms with Crippen molar-refractivity contribution in [2.75, 3.05) is 4.90 Å². The molecule has 0 spiro atoms. The molecule has 10 heteroatoms. The van der Waals surface area contributed by atoms with Crippen molar-refractivity contribution in [2.45, 2.75) is 19.3 Å². The van der Waals surface area contributed by atoms with Crippen molar-refractivity contribution >= 4 is 33.3 Å². The number of halogens is 3. The summed E-state index contributed by atoms with van der Waals surface area (Å²) in [6, 6.07) is 3.27. The normalized spacial score (nSPS) is 13.0. The molecule has 0 saturated carbocycles. The van der Waals surface area contributed by atoms with Gasteiger partial charge in [-0.25, -0.2) is 4.98 Å². The number of carbonyl (C=O) groups excluding carboxylic acids is 1. The summed E-state index contributed by atoms with van der Waals surface area (Å²) in [4.78, 5) is 21.7. The predicted octanol–water partition coefficient (Wildman–Crippen LogP) is 3.37. The topological polar surface area (TPSA) is 92.3 Å². The van der Waals surface area contributed by atoms with Gasteiger partial charge >= 0.3 is 6.18 Å². The minimum absolute atomic E-state index is 0.172. The first-order valence-corrected chi connectivity index (χ1v) is 8.26. The number of rotatable bonds is 3. The van der Waals surface area contributed by atoms with Crippen LogP contribution in [-0.2, 0) is 6.18 Å². The number of aromatic hydroxyl groups is 1. The van der Waals surface area contributed by atoms with E-state index in [2.05, 4.69) is 9.97 Å². The second kappa shape index (κ2) is 6.54. The lowest BCUT2D eigenvalue weighted by Crippen LogP contribution is -2.44. The van der Waals surface area contributed by atoms with Crippen molar-refractivity contribution in [3.05, 3.63) is 47.1 Å². The molecular weight excluding hydrogens is 369 g/mol. The highest BCUT2D eigenvalue weighted by Crippen LogP contribution is 2.37. The van der Waals surface area contributed by atoms with Gasteiger partial charge in [-0.15, -0.1) is 11.3 Å². The van der Waals surface area contributed by atoms with Crippen LogP contribution in [0.25, 0.3) is 10.9 Å². The summed E-state index contributed by atoms with van der Waals surface area (Å²) in [6.07, 6.45) is -3.01. The van der Waals surface area contributed by atoms with Crippen LogP contribution in [0.4, 0.5) is 18.3 Å². The molecule has 0 aliphatic carbocycles. The Kier molecular flexibility index (Phi) is 4.55. The molecule has 1 unspecified atom stereocenters. The van der Waals surface area contributed by atoms with Gasteiger partial charge in [-0.1, -0.05) is 6.07 Å². The maximum absolute atomic E-state index is 13.1. The number of para-hydroxylation sites is 1. The molecule has 0 radical (unpaired) electrons. The second-order valence-corrected chi connectivity index (χ2v) is 6.32. The number of nitrogens with two attached hydrogens (primary N) is 1. The standard InChI is InChI=1S/C16H13F3N4O2S/c1-8(20)23(15-21-5-6-26-15)14(25)10-7-22-12-9(13(10)24)3-2-4-11(12)16(17,18)19/h2-8H,20H2,1H3,(H,22,24). The van der Waals surface area contributed by atoms with E-state index in [9.17, 15) is 23.1 Å². The Hall–Kier alpha value is -2.72. The summed E-state index contributed by atoms with van der Waals surface area (Å²) in [7, 11) is 0. The molecule has 1 aromatic carbocycles. The minimum Gasteiger partial charge on any atom is -0.506 e. The van der Waals surface area contributed by atoms with E-state index in [4.69, 9.17) is 5.73 Å². The molecular formula is C16H13F3N4O2S. The highest BCUT2D eigenvalue weighted by atomic mass is 32.1. The Morgan fingerprint density at radius 2 is 2.08 bits per heavy atom. The van der Waals surface area contributed by atoms with Crippen LogP contribution in [-0.4, -0.2) is 27.1 Å². The number of pyridine rings is 1. The molecule has 3 aromatic rings. The Bertz CT molecular complexity index is 958. The smallest absolute Gasteiger partial charge is 0.418 e. The zero-order valence-corrected chi connectivity index (χ0v) is 14.2. The Morgan fingerprint density at radius 1 is 1.35 bits per heavy atom. The van der Waals surface area contributed by atoms with Gasteiger partial charge in [0.05, 0.1) is 17.2 Å². The summed E-state index contributed by atoms with van der Waals surface area (Å²) in [5.41, 5.74) is 4.14. The van der Waals surface area contributed by atoms with Crippen LogP contribution in [0.1, 0.15) is 22.8 Å². The number of alkyl halides is 3. The fourth-order valence-corrected chi connectivity index (χ4v) is 3.23. The lowest BCUT2D eigenvalue weighted by Gasteiger charge is -2.24. The van der Waals surface area contributed by atoms with Gasteiger partial charge in [0, 0.05) is 23.2 Å². The average molecular weight is 382 g/mol. The van der Waals surface area contributed by atoms with E-state index in [1.165, 1.54) is 12.3 Å². The number of thiazole rings is 1. The third-order valence-corrected chi connectivity index (χ3v) is 4.43. The molecule has 136 valence electrons. The second-order valence-electron chi connectivity index (χ2n) is 5.45. The lowest BCUT2D eigenvalue weighted by molar-refractivity contribution is -0.136. The summed E-state index contributed by atoms with van der Waals surface area (Å²) in [5, 5.41) is 12.2. The first-order valence-electron chi connectivity index (χ1n) is 7.38. The van der Waals surface area contributed by atoms with Gasteiger partial charge in [0.25, 0.3) is 5.91 Å². The van der Waals surface area contributed by atoms with Crippen LogP contribution in [0.2, 0.25) is 0 Å². The maximum atomic E-state index is 13.1. The molecule has 2 aromatic heterocycles. The molecule has 0 aliphatic rings. The number of carbonyl (C=O) groups is 1. The SMILES string of the molecule is CC(N)N(C(=O)c1cnc2c(C(F)(F)F)cccc2c1O)c1nccs1. The highest BCUT2D eigenvalue weighted by molar-refractivity contribution is 7.13. The van der Waals surface area contributed by atoms with Gasteiger partial charge in [-0.3, -0.25) is 14.7 Å². The lowest BCUT2D eigenvalue weighted by atomic mass is 10.1. The van der Waals surface area contributed by atoms with E-state index in [-0.39, 0.29) is 10.9 Å². The fraction of sp³-hybridized carbons (Fsp3) is 0.188. The van der Waals surface area contributed by atoms with Crippen LogP contribution in [0.15, 0.2) is 36.0 Å². The summed E-state index contributed by atoms with van der Waals surface area (Å²) in [6.45, 7) is 1.55. The molecule has 26 heavy (non-hydrogen) atoms. The number of amides is 1. The number of benzene rings is 1. The number of nitrogens with zero attached hydrogens (tertiary/aromatic N) is 3. The number of aromatic nitrogens is 2. The van der Waals surface area contributed by atoms with Crippen LogP contribution in [0.3, 0.4) is 0 Å². The summed E-state index contributed by atoms with van der Waals surface area (Å²) >= 11 is 1.16. The van der Waals surface area contributed by atoms with Crippen molar-refractivity contribution in [2.24, 2.45) is 5.73 Å². The van der Waals surface area contributed by atoms with Crippen molar-refractivity contribution in [3.8, 4) is 5.75 Å². The van der Waals surface area contributed by atoms with Crippen molar-refractivity contribution in [3.63, 3.8) is 0 Å². The molecule has 2 heterocycles. The highest BCUT2D eigenvalue weighted by Gasteiger charge is 2.34.